The number of carbonyl (C=O) groups excluding carboxylic acids is 1. The Kier molecular flexibility index (Phi) is 3.18. The van der Waals surface area contributed by atoms with Crippen molar-refractivity contribution in [1.82, 2.24) is 9.97 Å². The number of H-pyrrole nitrogens is 1. The molecular formula is C12H12N4O2. The van der Waals surface area contributed by atoms with Gasteiger partial charge in [0.2, 0.25) is 0 Å². The van der Waals surface area contributed by atoms with Crippen LogP contribution in [-0.2, 0) is 4.79 Å². The molecule has 2 rings (SSSR count). The van der Waals surface area contributed by atoms with Crippen molar-refractivity contribution in [2.45, 2.75) is 13.8 Å². The van der Waals surface area contributed by atoms with Crippen molar-refractivity contribution in [3.05, 3.63) is 36.0 Å². The number of nitrogens with one attached hydrogen (secondary N) is 1. The summed E-state index contributed by atoms with van der Waals surface area (Å²) in [6, 6.07) is 3.63. The van der Waals surface area contributed by atoms with Crippen molar-refractivity contribution >= 4 is 22.5 Å². The number of allylic oxidation sites excluding steroid dienone is 2. The van der Waals surface area contributed by atoms with Crippen molar-refractivity contribution in [1.29, 1.82) is 0 Å². The Morgan fingerprint density at radius 2 is 2.22 bits per heavy atom. The van der Waals surface area contributed by atoms with Crippen LogP contribution < -0.4 is 0 Å². The predicted octanol–water partition coefficient (Wildman–Crippen LogP) is 3.03. The monoisotopic (exact) mass is 244 g/mol. The Balaban J connectivity index is 2.40. The number of rotatable bonds is 3. The highest BCUT2D eigenvalue weighted by atomic mass is 16.3. The summed E-state index contributed by atoms with van der Waals surface area (Å²) in [5.41, 5.74) is 1.21. The number of aliphatic hydroxyl groups is 1. The highest BCUT2D eigenvalue weighted by Gasteiger charge is 2.08. The van der Waals surface area contributed by atoms with Crippen LogP contribution in [0.15, 0.2) is 46.2 Å². The molecule has 18 heavy (non-hydrogen) atoms. The van der Waals surface area contributed by atoms with Gasteiger partial charge in [0.25, 0.3) is 0 Å². The molecule has 0 unspecified atom stereocenters. The van der Waals surface area contributed by atoms with Crippen LogP contribution >= 0.6 is 0 Å². The zero-order valence-corrected chi connectivity index (χ0v) is 10.0. The second-order valence-corrected chi connectivity index (χ2v) is 3.76. The minimum atomic E-state index is -0.336. The minimum absolute atomic E-state index is 0.0479. The van der Waals surface area contributed by atoms with Gasteiger partial charge >= 0.3 is 0 Å². The number of aromatic amines is 1. The molecule has 2 heterocycles. The summed E-state index contributed by atoms with van der Waals surface area (Å²) < 4.78 is 0. The first kappa shape index (κ1) is 12.0. The second kappa shape index (κ2) is 4.79. The molecule has 0 fully saturated rings. The Morgan fingerprint density at radius 1 is 1.44 bits per heavy atom. The van der Waals surface area contributed by atoms with Crippen molar-refractivity contribution in [3.8, 4) is 0 Å². The quantitative estimate of drug-likeness (QED) is 0.494. The molecule has 6 heteroatoms. The summed E-state index contributed by atoms with van der Waals surface area (Å²) in [5, 5.41) is 17.8. The summed E-state index contributed by atoms with van der Waals surface area (Å²) in [6.45, 7) is 2.72. The lowest BCUT2D eigenvalue weighted by molar-refractivity contribution is -0.113. The van der Waals surface area contributed by atoms with E-state index < -0.39 is 0 Å². The number of azo groups is 1. The first-order valence-corrected chi connectivity index (χ1v) is 5.34. The number of hydrogen-bond acceptors (Lipinski definition) is 5. The maximum Gasteiger partial charge on any atom is 0.183 e. The Bertz CT molecular complexity index is 651. The molecule has 0 aromatic carbocycles. The van der Waals surface area contributed by atoms with Crippen molar-refractivity contribution in [2.24, 2.45) is 10.2 Å². The summed E-state index contributed by atoms with van der Waals surface area (Å²) in [4.78, 5) is 18.3. The third kappa shape index (κ3) is 2.27. The zero-order chi connectivity index (χ0) is 13.1. The van der Waals surface area contributed by atoms with E-state index >= 15 is 0 Å². The van der Waals surface area contributed by atoms with Gasteiger partial charge in [0, 0.05) is 24.7 Å². The number of hydrogen-bond donors (Lipinski definition) is 2. The van der Waals surface area contributed by atoms with Crippen molar-refractivity contribution in [3.63, 3.8) is 0 Å². The second-order valence-electron chi connectivity index (χ2n) is 3.76. The van der Waals surface area contributed by atoms with Crippen LogP contribution in [0.3, 0.4) is 0 Å². The molecule has 6 nitrogen and oxygen atoms in total. The number of fused-ring (bicyclic) bond motifs is 1. The van der Waals surface area contributed by atoms with E-state index in [2.05, 4.69) is 20.2 Å². The van der Waals surface area contributed by atoms with Gasteiger partial charge in [-0.25, -0.2) is 4.98 Å². The number of aromatic nitrogens is 2. The molecule has 0 radical (unpaired) electrons. The van der Waals surface area contributed by atoms with Crippen molar-refractivity contribution in [2.75, 3.05) is 0 Å². The highest BCUT2D eigenvalue weighted by Crippen LogP contribution is 2.25. The molecule has 0 spiro atoms. The Labute approximate surface area is 103 Å². The minimum Gasteiger partial charge on any atom is -0.510 e. The number of aliphatic hydroxyl groups excluding tert-OH is 1. The van der Waals surface area contributed by atoms with Gasteiger partial charge in [-0.05, 0) is 19.1 Å². The van der Waals surface area contributed by atoms with E-state index in [4.69, 9.17) is 0 Å². The fourth-order valence-electron chi connectivity index (χ4n) is 1.53. The normalized spacial score (nSPS) is 13.0. The van der Waals surface area contributed by atoms with Crippen LogP contribution in [0.4, 0.5) is 5.69 Å². The Hall–Kier alpha value is -2.50. The van der Waals surface area contributed by atoms with Gasteiger partial charge in [0.15, 0.2) is 11.5 Å². The van der Waals surface area contributed by atoms with E-state index in [0.717, 1.165) is 5.39 Å². The molecule has 0 aliphatic carbocycles. The van der Waals surface area contributed by atoms with Gasteiger partial charge in [0.05, 0.1) is 0 Å². The fourth-order valence-corrected chi connectivity index (χ4v) is 1.53. The fraction of sp³-hybridized carbons (Fsp3) is 0.167. The summed E-state index contributed by atoms with van der Waals surface area (Å²) >= 11 is 0. The third-order valence-electron chi connectivity index (χ3n) is 2.36. The van der Waals surface area contributed by atoms with E-state index in [1.165, 1.54) is 13.8 Å². The SMILES string of the molecule is CC(=O)/C(N=Nc1c[nH]c2ncccc12)=C(\C)O. The van der Waals surface area contributed by atoms with Crippen LogP contribution in [-0.4, -0.2) is 20.9 Å². The lowest BCUT2D eigenvalue weighted by Gasteiger charge is -1.95. The van der Waals surface area contributed by atoms with Crippen molar-refractivity contribution < 1.29 is 9.90 Å². The van der Waals surface area contributed by atoms with Crippen LogP contribution in [0.1, 0.15) is 13.8 Å². The molecule has 0 bridgehead atoms. The molecule has 92 valence electrons. The van der Waals surface area contributed by atoms with Crippen LogP contribution in [0, 0.1) is 0 Å². The molecule has 0 saturated heterocycles. The smallest absolute Gasteiger partial charge is 0.183 e. The average molecular weight is 244 g/mol. The van der Waals surface area contributed by atoms with Gasteiger partial charge in [0.1, 0.15) is 17.1 Å². The van der Waals surface area contributed by atoms with Gasteiger partial charge in [-0.2, -0.15) is 0 Å². The lowest BCUT2D eigenvalue weighted by Crippen LogP contribution is -1.96. The van der Waals surface area contributed by atoms with Gasteiger partial charge in [-0.3, -0.25) is 4.79 Å². The van der Waals surface area contributed by atoms with E-state index in [9.17, 15) is 9.90 Å². The first-order valence-electron chi connectivity index (χ1n) is 5.34. The number of ketones is 1. The summed E-state index contributed by atoms with van der Waals surface area (Å²) in [5.74, 6) is -0.485. The molecule has 0 aliphatic heterocycles. The predicted molar refractivity (Wildman–Crippen MR) is 66.6 cm³/mol. The Morgan fingerprint density at radius 3 is 2.89 bits per heavy atom. The van der Waals surface area contributed by atoms with E-state index in [0.29, 0.717) is 11.3 Å². The van der Waals surface area contributed by atoms with E-state index in [-0.39, 0.29) is 17.2 Å². The maximum absolute atomic E-state index is 11.2. The standard InChI is InChI=1S/C12H12N4O2/c1-7(17)11(8(2)18)16-15-10-6-14-12-9(10)4-3-5-13-12/h3-6,17H,1-2H3,(H,13,14)/b11-7-,16-15?. The molecule has 2 aromatic heterocycles. The molecule has 0 aliphatic rings. The van der Waals surface area contributed by atoms with Gasteiger partial charge in [-0.15, -0.1) is 10.2 Å². The first-order chi connectivity index (χ1) is 8.59. The summed E-state index contributed by atoms with van der Waals surface area (Å²) in [6.07, 6.45) is 3.31. The highest BCUT2D eigenvalue weighted by molar-refractivity contribution is 5.93. The number of Topliss-reactive ketones (excluding diaryl/α,β-unsaturated/α-hetero) is 1. The van der Waals surface area contributed by atoms with Gasteiger partial charge < -0.3 is 10.1 Å². The maximum atomic E-state index is 11.2. The lowest BCUT2D eigenvalue weighted by atomic mass is 10.3. The third-order valence-corrected chi connectivity index (χ3v) is 2.36. The number of carbonyl (C=O) groups is 1. The van der Waals surface area contributed by atoms with Crippen LogP contribution in [0.2, 0.25) is 0 Å². The van der Waals surface area contributed by atoms with E-state index in [1.54, 1.807) is 18.5 Å². The topological polar surface area (TPSA) is 90.7 Å². The summed E-state index contributed by atoms with van der Waals surface area (Å²) in [7, 11) is 0. The zero-order valence-electron chi connectivity index (χ0n) is 10.0. The molecule has 0 amide bonds. The number of pyridine rings is 1. The molecule has 2 N–H and O–H groups in total. The largest absolute Gasteiger partial charge is 0.510 e. The van der Waals surface area contributed by atoms with Crippen LogP contribution in [0.25, 0.3) is 11.0 Å². The molecular weight excluding hydrogens is 232 g/mol. The average Bonchev–Trinajstić information content (AvgIpc) is 2.72. The number of nitrogens with zero attached hydrogens (tertiary/aromatic N) is 3. The van der Waals surface area contributed by atoms with Crippen LogP contribution in [0.5, 0.6) is 0 Å². The van der Waals surface area contributed by atoms with Gasteiger partial charge in [-0.1, -0.05) is 0 Å². The molecule has 2 aromatic rings. The molecule has 0 atom stereocenters. The molecule has 0 saturated carbocycles. The van der Waals surface area contributed by atoms with E-state index in [1.807, 2.05) is 6.07 Å².